The van der Waals surface area contributed by atoms with Crippen molar-refractivity contribution in [2.24, 2.45) is 5.41 Å². The highest BCUT2D eigenvalue weighted by Gasteiger charge is 2.52. The Kier molecular flexibility index (Phi) is 5.70. The van der Waals surface area contributed by atoms with Crippen LogP contribution in [-0.4, -0.2) is 53.8 Å². The van der Waals surface area contributed by atoms with E-state index in [4.69, 9.17) is 0 Å². The van der Waals surface area contributed by atoms with Crippen LogP contribution in [-0.2, 0) is 22.3 Å². The number of benzene rings is 1. The molecule has 2 atom stereocenters. The Morgan fingerprint density at radius 2 is 1.89 bits per heavy atom. The minimum Gasteiger partial charge on any atom is -0.344 e. The molecule has 0 bridgehead atoms. The van der Waals surface area contributed by atoms with Crippen LogP contribution in [0.4, 0.5) is 13.2 Å². The zero-order valence-electron chi connectivity index (χ0n) is 16.2. The van der Waals surface area contributed by atoms with E-state index >= 15 is 0 Å². The molecular weight excluding hydrogens is 371 g/mol. The van der Waals surface area contributed by atoms with Crippen LogP contribution >= 0.6 is 0 Å². The van der Waals surface area contributed by atoms with E-state index in [-0.39, 0.29) is 11.8 Å². The largest absolute Gasteiger partial charge is 0.416 e. The molecule has 0 unspecified atom stereocenters. The minimum absolute atomic E-state index is 0.0450. The predicted molar refractivity (Wildman–Crippen MR) is 98.2 cm³/mol. The zero-order chi connectivity index (χ0) is 20.5. The third-order valence-corrected chi connectivity index (χ3v) is 5.88. The molecule has 1 spiro atoms. The number of carbonyl (C=O) groups is 2. The average Bonchev–Trinajstić information content (AvgIpc) is 3.19. The number of alkyl halides is 3. The molecule has 2 amide bonds. The summed E-state index contributed by atoms with van der Waals surface area (Å²) in [5.74, 6) is -0.135. The first-order valence-electron chi connectivity index (χ1n) is 9.67. The second kappa shape index (κ2) is 7.73. The smallest absolute Gasteiger partial charge is 0.344 e. The molecule has 1 aromatic rings. The van der Waals surface area contributed by atoms with Gasteiger partial charge in [0.05, 0.1) is 11.0 Å². The van der Waals surface area contributed by atoms with Crippen molar-refractivity contribution in [3.8, 4) is 0 Å². The quantitative estimate of drug-likeness (QED) is 0.831. The molecule has 0 saturated carbocycles. The van der Waals surface area contributed by atoms with Crippen molar-refractivity contribution in [2.75, 3.05) is 26.2 Å². The van der Waals surface area contributed by atoms with E-state index < -0.39 is 23.2 Å². The molecule has 0 aliphatic carbocycles. The fourth-order valence-corrected chi connectivity index (χ4v) is 4.25. The molecule has 5 nitrogen and oxygen atoms in total. The second-order valence-corrected chi connectivity index (χ2v) is 7.68. The van der Waals surface area contributed by atoms with Gasteiger partial charge >= 0.3 is 6.18 Å². The van der Waals surface area contributed by atoms with Gasteiger partial charge in [-0.05, 0) is 50.9 Å². The second-order valence-electron chi connectivity index (χ2n) is 7.68. The van der Waals surface area contributed by atoms with E-state index in [9.17, 15) is 22.8 Å². The maximum atomic E-state index is 12.7. The maximum absolute atomic E-state index is 12.7. The average molecular weight is 397 g/mol. The summed E-state index contributed by atoms with van der Waals surface area (Å²) >= 11 is 0. The van der Waals surface area contributed by atoms with E-state index in [2.05, 4.69) is 10.2 Å². The molecule has 1 N–H and O–H groups in total. The lowest BCUT2D eigenvalue weighted by Gasteiger charge is -2.24. The molecule has 2 aliphatic heterocycles. The molecule has 3 rings (SSSR count). The van der Waals surface area contributed by atoms with Crippen LogP contribution in [0.2, 0.25) is 0 Å². The topological polar surface area (TPSA) is 52.7 Å². The van der Waals surface area contributed by atoms with E-state index in [1.807, 2.05) is 13.8 Å². The first-order chi connectivity index (χ1) is 13.2. The Morgan fingerprint density at radius 1 is 1.25 bits per heavy atom. The van der Waals surface area contributed by atoms with Crippen LogP contribution in [0.3, 0.4) is 0 Å². The lowest BCUT2D eigenvalue weighted by atomic mass is 9.83. The van der Waals surface area contributed by atoms with Gasteiger partial charge in [-0.3, -0.25) is 14.5 Å². The highest BCUT2D eigenvalue weighted by molar-refractivity contribution is 5.94. The molecule has 2 aliphatic rings. The van der Waals surface area contributed by atoms with Gasteiger partial charge in [-0.25, -0.2) is 0 Å². The molecule has 0 radical (unpaired) electrons. The van der Waals surface area contributed by atoms with Crippen molar-refractivity contribution in [1.29, 1.82) is 0 Å². The number of halogens is 3. The van der Waals surface area contributed by atoms with E-state index in [1.165, 1.54) is 12.1 Å². The van der Waals surface area contributed by atoms with Crippen molar-refractivity contribution in [3.05, 3.63) is 35.4 Å². The number of amides is 2. The predicted octanol–water partition coefficient (Wildman–Crippen LogP) is 2.65. The van der Waals surface area contributed by atoms with Gasteiger partial charge in [0.1, 0.15) is 6.04 Å². The summed E-state index contributed by atoms with van der Waals surface area (Å²) in [7, 11) is 0. The molecule has 2 saturated heterocycles. The standard InChI is InChI=1S/C20H26F3N3O2/c1-3-26(4-2)17(27)16-11-19(18(28)24-16)9-10-25(13-19)12-14-5-7-15(8-6-14)20(21,22)23/h5-8,16H,3-4,9-13H2,1-2H3,(H,24,28)/t16-,19-/m0/s1. The minimum atomic E-state index is -4.34. The van der Waals surface area contributed by atoms with Crippen LogP contribution in [0.5, 0.6) is 0 Å². The number of hydrogen-bond acceptors (Lipinski definition) is 3. The molecule has 8 heteroatoms. The molecular formula is C20H26F3N3O2. The molecule has 154 valence electrons. The number of likely N-dealkylation sites (N-methyl/N-ethyl adjacent to an activating group) is 1. The van der Waals surface area contributed by atoms with Crippen molar-refractivity contribution < 1.29 is 22.8 Å². The van der Waals surface area contributed by atoms with Gasteiger partial charge in [0.25, 0.3) is 0 Å². The molecule has 2 heterocycles. The zero-order valence-corrected chi connectivity index (χ0v) is 16.2. The number of rotatable bonds is 5. The van der Waals surface area contributed by atoms with Crippen LogP contribution in [0.15, 0.2) is 24.3 Å². The van der Waals surface area contributed by atoms with Gasteiger partial charge < -0.3 is 10.2 Å². The van der Waals surface area contributed by atoms with Crippen molar-refractivity contribution in [2.45, 2.75) is 45.5 Å². The van der Waals surface area contributed by atoms with E-state index in [0.29, 0.717) is 45.6 Å². The van der Waals surface area contributed by atoms with Gasteiger partial charge in [0, 0.05) is 26.2 Å². The summed E-state index contributed by atoms with van der Waals surface area (Å²) in [6.45, 7) is 6.72. The summed E-state index contributed by atoms with van der Waals surface area (Å²) in [6.07, 6.45) is -3.21. The normalized spacial score (nSPS) is 25.3. The molecule has 2 fully saturated rings. The Hall–Kier alpha value is -2.09. The van der Waals surface area contributed by atoms with Crippen molar-refractivity contribution in [1.82, 2.24) is 15.1 Å². The number of nitrogens with zero attached hydrogens (tertiary/aromatic N) is 2. The van der Waals surface area contributed by atoms with Crippen LogP contribution in [0.1, 0.15) is 37.8 Å². The van der Waals surface area contributed by atoms with Crippen LogP contribution in [0, 0.1) is 5.41 Å². The van der Waals surface area contributed by atoms with E-state index in [1.54, 1.807) is 4.90 Å². The maximum Gasteiger partial charge on any atom is 0.416 e. The van der Waals surface area contributed by atoms with Gasteiger partial charge in [-0.2, -0.15) is 13.2 Å². The summed E-state index contributed by atoms with van der Waals surface area (Å²) in [5, 5.41) is 2.86. The molecule has 28 heavy (non-hydrogen) atoms. The summed E-state index contributed by atoms with van der Waals surface area (Å²) in [6, 6.07) is 4.65. The van der Waals surface area contributed by atoms with Gasteiger partial charge in [-0.15, -0.1) is 0 Å². The number of likely N-dealkylation sites (tertiary alicyclic amines) is 1. The van der Waals surface area contributed by atoms with Crippen LogP contribution in [0.25, 0.3) is 0 Å². The summed E-state index contributed by atoms with van der Waals surface area (Å²) < 4.78 is 38.1. The highest BCUT2D eigenvalue weighted by atomic mass is 19.4. The van der Waals surface area contributed by atoms with Crippen molar-refractivity contribution in [3.63, 3.8) is 0 Å². The number of carbonyl (C=O) groups excluding carboxylic acids is 2. The third kappa shape index (κ3) is 4.01. The fourth-order valence-electron chi connectivity index (χ4n) is 4.25. The van der Waals surface area contributed by atoms with E-state index in [0.717, 1.165) is 17.7 Å². The first kappa shape index (κ1) is 20.6. The Morgan fingerprint density at radius 3 is 2.46 bits per heavy atom. The van der Waals surface area contributed by atoms with Crippen LogP contribution < -0.4 is 5.32 Å². The fraction of sp³-hybridized carbons (Fsp3) is 0.600. The third-order valence-electron chi connectivity index (χ3n) is 5.88. The highest BCUT2D eigenvalue weighted by Crippen LogP contribution is 2.40. The first-order valence-corrected chi connectivity index (χ1v) is 9.67. The number of hydrogen-bond donors (Lipinski definition) is 1. The lowest BCUT2D eigenvalue weighted by molar-refractivity contribution is -0.137. The number of nitrogens with one attached hydrogen (secondary N) is 1. The monoisotopic (exact) mass is 397 g/mol. The lowest BCUT2D eigenvalue weighted by Crippen LogP contribution is -2.44. The molecule has 0 aromatic heterocycles. The summed E-state index contributed by atoms with van der Waals surface area (Å²) in [4.78, 5) is 29.0. The molecule has 1 aromatic carbocycles. The SMILES string of the molecule is CCN(CC)C(=O)[C@@H]1C[C@]2(CCN(Cc3ccc(C(F)(F)F)cc3)C2)C(=O)N1. The summed E-state index contributed by atoms with van der Waals surface area (Å²) in [5.41, 5.74) is -0.472. The Labute approximate surface area is 162 Å². The Balaban J connectivity index is 1.63. The van der Waals surface area contributed by atoms with Crippen molar-refractivity contribution >= 4 is 11.8 Å². The van der Waals surface area contributed by atoms with Gasteiger partial charge in [0.15, 0.2) is 0 Å². The van der Waals surface area contributed by atoms with Gasteiger partial charge in [0.2, 0.25) is 11.8 Å². The Bertz CT molecular complexity index is 731. The van der Waals surface area contributed by atoms with Gasteiger partial charge in [-0.1, -0.05) is 12.1 Å².